The van der Waals surface area contributed by atoms with E-state index in [4.69, 9.17) is 9.47 Å². The molecule has 0 bridgehead atoms. The number of morpholine rings is 1. The predicted molar refractivity (Wildman–Crippen MR) is 88.1 cm³/mol. The molecule has 2 rings (SSSR count). The van der Waals surface area contributed by atoms with Crippen molar-refractivity contribution in [1.82, 2.24) is 4.72 Å². The molecule has 1 aliphatic rings. The van der Waals surface area contributed by atoms with Gasteiger partial charge in [-0.1, -0.05) is 0 Å². The number of aromatic carboxylic acids is 1. The Bertz CT molecular complexity index is 685. The zero-order valence-corrected chi connectivity index (χ0v) is 14.5. The van der Waals surface area contributed by atoms with E-state index in [1.54, 1.807) is 6.92 Å². The third-order valence-corrected chi connectivity index (χ3v) is 5.24. The Morgan fingerprint density at radius 1 is 1.42 bits per heavy atom. The van der Waals surface area contributed by atoms with Crippen molar-refractivity contribution in [2.24, 2.45) is 0 Å². The first-order chi connectivity index (χ1) is 11.3. The van der Waals surface area contributed by atoms with E-state index in [0.29, 0.717) is 32.0 Å². The summed E-state index contributed by atoms with van der Waals surface area (Å²) in [7, 11) is -2.41. The molecule has 0 saturated carbocycles. The molecule has 1 heterocycles. The summed E-state index contributed by atoms with van der Waals surface area (Å²) >= 11 is 0. The van der Waals surface area contributed by atoms with E-state index >= 15 is 0 Å². The Labute approximate surface area is 141 Å². The highest BCUT2D eigenvalue weighted by atomic mass is 32.2. The Hall–Kier alpha value is -1.68. The summed E-state index contributed by atoms with van der Waals surface area (Å²) in [6.45, 7) is 3.97. The van der Waals surface area contributed by atoms with Crippen LogP contribution in [0.25, 0.3) is 0 Å². The largest absolute Gasteiger partial charge is 0.478 e. The summed E-state index contributed by atoms with van der Waals surface area (Å²) < 4.78 is 38.2. The number of benzene rings is 1. The number of methoxy groups -OCH3 is 1. The average molecular weight is 358 g/mol. The molecule has 0 radical (unpaired) electrons. The second-order valence-electron chi connectivity index (χ2n) is 5.56. The zero-order chi connectivity index (χ0) is 17.7. The van der Waals surface area contributed by atoms with Gasteiger partial charge in [0.05, 0.1) is 31.1 Å². The SMILES string of the molecule is COC[C@H](C)NS(=O)(=O)c1cc(C(=O)O)ccc1N1CCOCC1. The van der Waals surface area contributed by atoms with Crippen molar-refractivity contribution < 1.29 is 27.8 Å². The fourth-order valence-electron chi connectivity index (χ4n) is 2.54. The maximum atomic E-state index is 12.7. The van der Waals surface area contributed by atoms with E-state index in [9.17, 15) is 18.3 Å². The molecule has 2 N–H and O–H groups in total. The first kappa shape index (κ1) is 18.7. The van der Waals surface area contributed by atoms with Crippen LogP contribution in [0.4, 0.5) is 5.69 Å². The molecule has 9 heteroatoms. The van der Waals surface area contributed by atoms with Gasteiger partial charge in [-0.3, -0.25) is 0 Å². The predicted octanol–water partition coefficient (Wildman–Crippen LogP) is 0.535. The van der Waals surface area contributed by atoms with Gasteiger partial charge in [-0.2, -0.15) is 0 Å². The van der Waals surface area contributed by atoms with Gasteiger partial charge in [-0.05, 0) is 25.1 Å². The molecule has 1 aromatic carbocycles. The minimum Gasteiger partial charge on any atom is -0.478 e. The van der Waals surface area contributed by atoms with Crippen LogP contribution in [0, 0.1) is 0 Å². The van der Waals surface area contributed by atoms with Crippen molar-refractivity contribution >= 4 is 21.7 Å². The van der Waals surface area contributed by atoms with E-state index in [0.717, 1.165) is 0 Å². The summed E-state index contributed by atoms with van der Waals surface area (Å²) in [5.74, 6) is -1.18. The Morgan fingerprint density at radius 3 is 2.67 bits per heavy atom. The number of hydrogen-bond acceptors (Lipinski definition) is 6. The first-order valence-corrected chi connectivity index (χ1v) is 9.05. The minimum absolute atomic E-state index is 0.0488. The molecular weight excluding hydrogens is 336 g/mol. The molecule has 1 aromatic rings. The van der Waals surface area contributed by atoms with Crippen LogP contribution in [0.3, 0.4) is 0 Å². The summed E-state index contributed by atoms with van der Waals surface area (Å²) in [5.41, 5.74) is 0.396. The van der Waals surface area contributed by atoms with Crippen LogP contribution >= 0.6 is 0 Å². The normalized spacial score (nSPS) is 16.8. The minimum atomic E-state index is -3.89. The lowest BCUT2D eigenvalue weighted by molar-refractivity contribution is 0.0696. The Morgan fingerprint density at radius 2 is 2.08 bits per heavy atom. The second kappa shape index (κ2) is 7.93. The van der Waals surface area contributed by atoms with Crippen LogP contribution < -0.4 is 9.62 Å². The molecule has 24 heavy (non-hydrogen) atoms. The van der Waals surface area contributed by atoms with Gasteiger partial charge in [-0.15, -0.1) is 0 Å². The average Bonchev–Trinajstić information content (AvgIpc) is 2.54. The fraction of sp³-hybridized carbons (Fsp3) is 0.533. The lowest BCUT2D eigenvalue weighted by Crippen LogP contribution is -2.39. The Balaban J connectivity index is 2.43. The van der Waals surface area contributed by atoms with Gasteiger partial charge in [-0.25, -0.2) is 17.9 Å². The van der Waals surface area contributed by atoms with E-state index in [1.165, 1.54) is 25.3 Å². The molecule has 1 atom stereocenters. The Kier molecular flexibility index (Phi) is 6.16. The van der Waals surface area contributed by atoms with Gasteiger partial charge < -0.3 is 19.5 Å². The lowest BCUT2D eigenvalue weighted by atomic mass is 10.2. The number of rotatable bonds is 7. The molecule has 134 valence electrons. The maximum absolute atomic E-state index is 12.7. The summed E-state index contributed by atoms with van der Waals surface area (Å²) in [5, 5.41) is 9.17. The quantitative estimate of drug-likeness (QED) is 0.733. The van der Waals surface area contributed by atoms with Crippen molar-refractivity contribution in [2.45, 2.75) is 17.9 Å². The zero-order valence-electron chi connectivity index (χ0n) is 13.7. The van der Waals surface area contributed by atoms with Crippen molar-refractivity contribution in [1.29, 1.82) is 0 Å². The van der Waals surface area contributed by atoms with Crippen molar-refractivity contribution in [3.63, 3.8) is 0 Å². The highest BCUT2D eigenvalue weighted by Gasteiger charge is 2.26. The van der Waals surface area contributed by atoms with Crippen LogP contribution in [0.5, 0.6) is 0 Å². The number of carbonyl (C=O) groups is 1. The maximum Gasteiger partial charge on any atom is 0.335 e. The number of ether oxygens (including phenoxy) is 2. The molecule has 1 fully saturated rings. The van der Waals surface area contributed by atoms with E-state index in [2.05, 4.69) is 4.72 Å². The van der Waals surface area contributed by atoms with Crippen LogP contribution in [-0.2, 0) is 19.5 Å². The van der Waals surface area contributed by atoms with Gasteiger partial charge in [0.25, 0.3) is 0 Å². The van der Waals surface area contributed by atoms with Gasteiger partial charge in [0.2, 0.25) is 10.0 Å². The number of hydrogen-bond donors (Lipinski definition) is 2. The smallest absolute Gasteiger partial charge is 0.335 e. The number of anilines is 1. The summed E-state index contributed by atoms with van der Waals surface area (Å²) in [6, 6.07) is 3.69. The number of carboxylic acids is 1. The molecule has 0 aliphatic carbocycles. The molecule has 0 aromatic heterocycles. The van der Waals surface area contributed by atoms with E-state index in [-0.39, 0.29) is 17.1 Å². The molecule has 1 saturated heterocycles. The number of carboxylic acid groups (broad SMARTS) is 1. The number of sulfonamides is 1. The van der Waals surface area contributed by atoms with Gasteiger partial charge in [0.1, 0.15) is 4.90 Å². The van der Waals surface area contributed by atoms with Crippen LogP contribution in [0.2, 0.25) is 0 Å². The topological polar surface area (TPSA) is 105 Å². The number of nitrogens with zero attached hydrogens (tertiary/aromatic N) is 1. The van der Waals surface area contributed by atoms with Gasteiger partial charge in [0, 0.05) is 26.2 Å². The van der Waals surface area contributed by atoms with Crippen LogP contribution in [0.15, 0.2) is 23.1 Å². The fourth-order valence-corrected chi connectivity index (χ4v) is 4.02. The molecule has 0 unspecified atom stereocenters. The molecule has 8 nitrogen and oxygen atoms in total. The molecule has 1 aliphatic heterocycles. The van der Waals surface area contributed by atoms with E-state index in [1.807, 2.05) is 4.90 Å². The van der Waals surface area contributed by atoms with Crippen molar-refractivity contribution in [3.05, 3.63) is 23.8 Å². The van der Waals surface area contributed by atoms with Crippen molar-refractivity contribution in [3.8, 4) is 0 Å². The van der Waals surface area contributed by atoms with Crippen LogP contribution in [-0.4, -0.2) is 65.6 Å². The molecule has 0 spiro atoms. The third-order valence-electron chi connectivity index (χ3n) is 3.62. The molecular formula is C15H22N2O6S. The monoisotopic (exact) mass is 358 g/mol. The summed E-state index contributed by atoms with van der Waals surface area (Å²) in [6.07, 6.45) is 0. The standard InChI is InChI=1S/C15H22N2O6S/c1-11(10-22-2)16-24(20,21)14-9-12(15(18)19)3-4-13(14)17-5-7-23-8-6-17/h3-4,9,11,16H,5-8,10H2,1-2H3,(H,18,19)/t11-/m0/s1. The van der Waals surface area contributed by atoms with Gasteiger partial charge in [0.15, 0.2) is 0 Å². The highest BCUT2D eigenvalue weighted by molar-refractivity contribution is 7.89. The van der Waals surface area contributed by atoms with Gasteiger partial charge >= 0.3 is 5.97 Å². The molecule has 0 amide bonds. The first-order valence-electron chi connectivity index (χ1n) is 7.56. The second-order valence-corrected chi connectivity index (χ2v) is 7.25. The lowest BCUT2D eigenvalue weighted by Gasteiger charge is -2.30. The highest BCUT2D eigenvalue weighted by Crippen LogP contribution is 2.27. The van der Waals surface area contributed by atoms with Crippen LogP contribution in [0.1, 0.15) is 17.3 Å². The third kappa shape index (κ3) is 4.44. The summed E-state index contributed by atoms with van der Waals surface area (Å²) in [4.78, 5) is 13.1. The van der Waals surface area contributed by atoms with E-state index < -0.39 is 22.0 Å². The van der Waals surface area contributed by atoms with Crippen molar-refractivity contribution in [2.75, 3.05) is 44.9 Å². The number of nitrogens with one attached hydrogen (secondary N) is 1.